The molecule has 0 bridgehead atoms. The van der Waals surface area contributed by atoms with Gasteiger partial charge >= 0.3 is 0 Å². The summed E-state index contributed by atoms with van der Waals surface area (Å²) >= 11 is 0. The number of ether oxygens (including phenoxy) is 2. The summed E-state index contributed by atoms with van der Waals surface area (Å²) in [5.74, 6) is -1.37. The Kier molecular flexibility index (Phi) is 5.06. The predicted molar refractivity (Wildman–Crippen MR) is 100 cm³/mol. The van der Waals surface area contributed by atoms with Crippen LogP contribution in [0.15, 0.2) is 36.4 Å². The second-order valence-corrected chi connectivity index (χ2v) is 7.55. The average Bonchev–Trinajstić information content (AvgIpc) is 3.19. The minimum atomic E-state index is -0.931. The first-order valence-corrected chi connectivity index (χ1v) is 9.55. The molecule has 3 atom stereocenters. The van der Waals surface area contributed by atoms with E-state index in [-0.39, 0.29) is 12.0 Å². The summed E-state index contributed by atoms with van der Waals surface area (Å²) in [4.78, 5) is 14.5. The summed E-state index contributed by atoms with van der Waals surface area (Å²) in [7, 11) is 0. The SMILES string of the molecule is Cc1ccc(C)c(O[C@@H]2C(=O)N(C[C@@H]3CCCO3)[C@@H]2c2ccc(F)c(F)c2)c1. The van der Waals surface area contributed by atoms with Gasteiger partial charge in [-0.2, -0.15) is 0 Å². The maximum absolute atomic E-state index is 13.9. The highest BCUT2D eigenvalue weighted by molar-refractivity contribution is 5.89. The first kappa shape index (κ1) is 18.9. The highest BCUT2D eigenvalue weighted by Crippen LogP contribution is 2.39. The zero-order valence-corrected chi connectivity index (χ0v) is 16.0. The van der Waals surface area contributed by atoms with Gasteiger partial charge in [0, 0.05) is 13.2 Å². The second kappa shape index (κ2) is 7.51. The third-order valence-electron chi connectivity index (χ3n) is 5.46. The van der Waals surface area contributed by atoms with E-state index in [1.54, 1.807) is 4.90 Å². The van der Waals surface area contributed by atoms with Gasteiger partial charge in [-0.15, -0.1) is 0 Å². The molecule has 2 aromatic carbocycles. The van der Waals surface area contributed by atoms with Crippen molar-refractivity contribution in [3.05, 3.63) is 64.7 Å². The molecule has 0 aliphatic carbocycles. The van der Waals surface area contributed by atoms with Crippen molar-refractivity contribution >= 4 is 5.91 Å². The van der Waals surface area contributed by atoms with E-state index in [1.807, 2.05) is 32.0 Å². The normalized spacial score (nSPS) is 24.4. The van der Waals surface area contributed by atoms with Crippen LogP contribution >= 0.6 is 0 Å². The first-order chi connectivity index (χ1) is 13.4. The maximum Gasteiger partial charge on any atom is 0.266 e. The molecule has 1 amide bonds. The Labute approximate surface area is 163 Å². The van der Waals surface area contributed by atoms with Crippen LogP contribution in [-0.4, -0.2) is 36.2 Å². The van der Waals surface area contributed by atoms with Crippen LogP contribution in [0.4, 0.5) is 8.78 Å². The fourth-order valence-electron chi connectivity index (χ4n) is 3.87. The van der Waals surface area contributed by atoms with Gasteiger partial charge in [-0.05, 0) is 61.6 Å². The topological polar surface area (TPSA) is 38.8 Å². The van der Waals surface area contributed by atoms with Crippen molar-refractivity contribution < 1.29 is 23.0 Å². The van der Waals surface area contributed by atoms with Crippen LogP contribution in [0.3, 0.4) is 0 Å². The standard InChI is InChI=1S/C22H23F2NO3/c1-13-5-6-14(2)19(10-13)28-21-20(15-7-8-17(23)18(24)11-15)25(22(21)26)12-16-4-3-9-27-16/h5-8,10-11,16,20-21H,3-4,9,12H2,1-2H3/t16-,20+,21-/m0/s1. The van der Waals surface area contributed by atoms with Crippen molar-refractivity contribution in [1.29, 1.82) is 0 Å². The molecule has 2 aromatic rings. The van der Waals surface area contributed by atoms with Crippen LogP contribution < -0.4 is 4.74 Å². The Hall–Kier alpha value is -2.47. The van der Waals surface area contributed by atoms with Gasteiger partial charge < -0.3 is 14.4 Å². The van der Waals surface area contributed by atoms with Crippen LogP contribution in [0.2, 0.25) is 0 Å². The number of amides is 1. The van der Waals surface area contributed by atoms with Crippen molar-refractivity contribution in [3.8, 4) is 5.75 Å². The Bertz CT molecular complexity index is 895. The van der Waals surface area contributed by atoms with E-state index < -0.39 is 23.8 Å². The molecule has 0 saturated carbocycles. The Morgan fingerprint density at radius 2 is 1.96 bits per heavy atom. The van der Waals surface area contributed by atoms with Crippen molar-refractivity contribution in [2.24, 2.45) is 0 Å². The third-order valence-corrected chi connectivity index (χ3v) is 5.46. The molecular weight excluding hydrogens is 364 g/mol. The lowest BCUT2D eigenvalue weighted by Crippen LogP contribution is -2.62. The van der Waals surface area contributed by atoms with Crippen molar-refractivity contribution in [2.75, 3.05) is 13.2 Å². The van der Waals surface area contributed by atoms with E-state index in [4.69, 9.17) is 9.47 Å². The molecule has 6 heteroatoms. The van der Waals surface area contributed by atoms with E-state index in [0.717, 1.165) is 36.1 Å². The van der Waals surface area contributed by atoms with Gasteiger partial charge in [0.15, 0.2) is 11.6 Å². The number of likely N-dealkylation sites (tertiary alicyclic amines) is 1. The third kappa shape index (κ3) is 3.49. The van der Waals surface area contributed by atoms with Gasteiger partial charge in [-0.1, -0.05) is 18.2 Å². The number of aryl methyl sites for hydroxylation is 2. The number of carbonyl (C=O) groups excluding carboxylic acids is 1. The molecule has 4 rings (SSSR count). The summed E-state index contributed by atoms with van der Waals surface area (Å²) < 4.78 is 39.0. The summed E-state index contributed by atoms with van der Waals surface area (Å²) in [5, 5.41) is 0. The maximum atomic E-state index is 13.9. The van der Waals surface area contributed by atoms with Crippen molar-refractivity contribution in [3.63, 3.8) is 0 Å². The number of hydrogen-bond donors (Lipinski definition) is 0. The van der Waals surface area contributed by atoms with Gasteiger partial charge in [0.2, 0.25) is 6.10 Å². The summed E-state index contributed by atoms with van der Waals surface area (Å²) in [6.07, 6.45) is 1.05. The zero-order valence-electron chi connectivity index (χ0n) is 16.0. The number of halogens is 2. The zero-order chi connectivity index (χ0) is 19.8. The fraction of sp³-hybridized carbons (Fsp3) is 0.409. The van der Waals surface area contributed by atoms with Crippen LogP contribution in [0.25, 0.3) is 0 Å². The highest BCUT2D eigenvalue weighted by Gasteiger charge is 2.51. The van der Waals surface area contributed by atoms with Crippen LogP contribution in [0.1, 0.15) is 35.6 Å². The molecule has 2 heterocycles. The van der Waals surface area contributed by atoms with Crippen LogP contribution in [0, 0.1) is 25.5 Å². The van der Waals surface area contributed by atoms with E-state index >= 15 is 0 Å². The summed E-state index contributed by atoms with van der Waals surface area (Å²) in [6, 6.07) is 9.06. The van der Waals surface area contributed by atoms with Crippen LogP contribution in [-0.2, 0) is 9.53 Å². The molecule has 0 radical (unpaired) electrons. The largest absolute Gasteiger partial charge is 0.478 e. The molecule has 2 aliphatic rings. The average molecular weight is 387 g/mol. The van der Waals surface area contributed by atoms with E-state index in [2.05, 4.69) is 0 Å². The Morgan fingerprint density at radius 3 is 2.68 bits per heavy atom. The fourth-order valence-corrected chi connectivity index (χ4v) is 3.87. The first-order valence-electron chi connectivity index (χ1n) is 9.55. The predicted octanol–water partition coefficient (Wildman–Crippen LogP) is 4.09. The number of carbonyl (C=O) groups is 1. The summed E-state index contributed by atoms with van der Waals surface area (Å²) in [5.41, 5.74) is 2.46. The van der Waals surface area contributed by atoms with Crippen LogP contribution in [0.5, 0.6) is 5.75 Å². The number of nitrogens with zero attached hydrogens (tertiary/aromatic N) is 1. The number of rotatable bonds is 5. The molecular formula is C22H23F2NO3. The van der Waals surface area contributed by atoms with Gasteiger partial charge in [0.1, 0.15) is 11.8 Å². The molecule has 0 unspecified atom stereocenters. The second-order valence-electron chi connectivity index (χ2n) is 7.55. The monoisotopic (exact) mass is 387 g/mol. The summed E-state index contributed by atoms with van der Waals surface area (Å²) in [6.45, 7) is 4.97. The van der Waals surface area contributed by atoms with E-state index in [1.165, 1.54) is 6.07 Å². The molecule has 2 saturated heterocycles. The number of hydrogen-bond acceptors (Lipinski definition) is 3. The van der Waals surface area contributed by atoms with Gasteiger partial charge in [0.05, 0.1) is 6.10 Å². The van der Waals surface area contributed by atoms with Crippen molar-refractivity contribution in [2.45, 2.75) is 44.9 Å². The molecule has 28 heavy (non-hydrogen) atoms. The Balaban J connectivity index is 1.62. The van der Waals surface area contributed by atoms with Gasteiger partial charge in [-0.25, -0.2) is 8.78 Å². The molecule has 0 N–H and O–H groups in total. The molecule has 148 valence electrons. The molecule has 2 aliphatic heterocycles. The molecule has 4 nitrogen and oxygen atoms in total. The van der Waals surface area contributed by atoms with E-state index in [0.29, 0.717) is 24.5 Å². The van der Waals surface area contributed by atoms with Gasteiger partial charge in [-0.3, -0.25) is 4.79 Å². The molecule has 0 aromatic heterocycles. The number of benzene rings is 2. The van der Waals surface area contributed by atoms with Crippen molar-refractivity contribution in [1.82, 2.24) is 4.90 Å². The lowest BCUT2D eigenvalue weighted by Gasteiger charge is -2.47. The molecule has 0 spiro atoms. The quantitative estimate of drug-likeness (QED) is 0.726. The minimum absolute atomic E-state index is 0.0293. The van der Waals surface area contributed by atoms with Gasteiger partial charge in [0.25, 0.3) is 5.91 Å². The van der Waals surface area contributed by atoms with E-state index in [9.17, 15) is 13.6 Å². The highest BCUT2D eigenvalue weighted by atomic mass is 19.2. The Morgan fingerprint density at radius 1 is 1.14 bits per heavy atom. The number of β-lactam (4-membered cyclic amide) rings is 1. The lowest BCUT2D eigenvalue weighted by molar-refractivity contribution is -0.167. The minimum Gasteiger partial charge on any atom is -0.478 e. The molecule has 2 fully saturated rings. The lowest BCUT2D eigenvalue weighted by atomic mass is 9.89. The smallest absolute Gasteiger partial charge is 0.266 e.